The second-order valence-electron chi connectivity index (χ2n) is 3.94. The Labute approximate surface area is 89.9 Å². The van der Waals surface area contributed by atoms with Crippen molar-refractivity contribution in [3.05, 3.63) is 54.2 Å². The van der Waals surface area contributed by atoms with Crippen LogP contribution in [-0.2, 0) is 0 Å². The van der Waals surface area contributed by atoms with Crippen molar-refractivity contribution in [1.29, 1.82) is 0 Å². The van der Waals surface area contributed by atoms with Gasteiger partial charge in [0, 0.05) is 19.3 Å². The normalized spacial score (nSPS) is 23.9. The van der Waals surface area contributed by atoms with Gasteiger partial charge in [-0.1, -0.05) is 30.3 Å². The molecule has 1 atom stereocenters. The molecule has 0 saturated carbocycles. The van der Waals surface area contributed by atoms with Crippen molar-refractivity contribution in [1.82, 2.24) is 10.2 Å². The van der Waals surface area contributed by atoms with Gasteiger partial charge in [0.1, 0.15) is 0 Å². The topological polar surface area (TPSA) is 15.3 Å². The van der Waals surface area contributed by atoms with E-state index in [0.29, 0.717) is 6.17 Å². The molecule has 1 aromatic rings. The number of nitrogens with one attached hydrogen (secondary N) is 1. The minimum absolute atomic E-state index is 0.394. The lowest BCUT2D eigenvalue weighted by atomic mass is 10.0. The molecule has 2 aliphatic rings. The first-order valence-corrected chi connectivity index (χ1v) is 5.38. The van der Waals surface area contributed by atoms with Gasteiger partial charge in [-0.05, 0) is 23.3 Å². The zero-order valence-electron chi connectivity index (χ0n) is 8.56. The molecule has 2 nitrogen and oxygen atoms in total. The predicted octanol–water partition coefficient (Wildman–Crippen LogP) is 1.83. The molecule has 0 spiro atoms. The van der Waals surface area contributed by atoms with E-state index in [-0.39, 0.29) is 0 Å². The summed E-state index contributed by atoms with van der Waals surface area (Å²) in [6.45, 7) is 2.19. The molecular weight excluding hydrogens is 184 g/mol. The summed E-state index contributed by atoms with van der Waals surface area (Å²) in [5.41, 5.74) is 2.60. The van der Waals surface area contributed by atoms with Gasteiger partial charge in [0.25, 0.3) is 0 Å². The van der Waals surface area contributed by atoms with Gasteiger partial charge < -0.3 is 4.90 Å². The van der Waals surface area contributed by atoms with Gasteiger partial charge in [-0.3, -0.25) is 5.32 Å². The number of hydrogen-bond acceptors (Lipinski definition) is 2. The Hall–Kier alpha value is -1.54. The van der Waals surface area contributed by atoms with E-state index in [1.54, 1.807) is 0 Å². The van der Waals surface area contributed by atoms with Crippen molar-refractivity contribution in [2.24, 2.45) is 0 Å². The van der Waals surface area contributed by atoms with Crippen LogP contribution in [0.15, 0.2) is 48.7 Å². The van der Waals surface area contributed by atoms with Crippen molar-refractivity contribution in [3.63, 3.8) is 0 Å². The summed E-state index contributed by atoms with van der Waals surface area (Å²) in [4.78, 5) is 2.33. The van der Waals surface area contributed by atoms with Crippen LogP contribution in [0.25, 0.3) is 5.57 Å². The standard InChI is InChI=1S/C13H14N2/c1-2-4-11(5-3-1)12-6-8-15-9-7-14-13(15)10-12/h1-6,8,10,13-14H,7,9H2. The monoisotopic (exact) mass is 198 g/mol. The molecule has 15 heavy (non-hydrogen) atoms. The molecule has 1 unspecified atom stereocenters. The van der Waals surface area contributed by atoms with Gasteiger partial charge in [0.15, 0.2) is 0 Å². The minimum Gasteiger partial charge on any atom is -0.357 e. The summed E-state index contributed by atoms with van der Waals surface area (Å²) in [6, 6.07) is 10.5. The predicted molar refractivity (Wildman–Crippen MR) is 62.1 cm³/mol. The first-order valence-electron chi connectivity index (χ1n) is 5.38. The van der Waals surface area contributed by atoms with Crippen LogP contribution in [-0.4, -0.2) is 24.2 Å². The first-order chi connectivity index (χ1) is 7.43. The van der Waals surface area contributed by atoms with Crippen LogP contribution in [0.2, 0.25) is 0 Å². The minimum atomic E-state index is 0.394. The molecule has 2 heterocycles. The number of allylic oxidation sites excluding steroid dienone is 2. The van der Waals surface area contributed by atoms with Crippen LogP contribution in [0.5, 0.6) is 0 Å². The number of rotatable bonds is 1. The van der Waals surface area contributed by atoms with Crippen LogP contribution < -0.4 is 5.32 Å². The average Bonchev–Trinajstić information content (AvgIpc) is 2.77. The molecule has 2 heteroatoms. The van der Waals surface area contributed by atoms with Crippen LogP contribution >= 0.6 is 0 Å². The Morgan fingerprint density at radius 1 is 1.20 bits per heavy atom. The smallest absolute Gasteiger partial charge is 0.0991 e. The molecule has 0 aliphatic carbocycles. The van der Waals surface area contributed by atoms with E-state index >= 15 is 0 Å². The third-order valence-corrected chi connectivity index (χ3v) is 2.97. The molecule has 1 aromatic carbocycles. The maximum atomic E-state index is 3.46. The van der Waals surface area contributed by atoms with Crippen LogP contribution in [0.3, 0.4) is 0 Å². The second kappa shape index (κ2) is 3.55. The van der Waals surface area contributed by atoms with E-state index in [1.807, 2.05) is 0 Å². The Bertz CT molecular complexity index is 406. The average molecular weight is 198 g/mol. The highest BCUT2D eigenvalue weighted by molar-refractivity contribution is 5.75. The van der Waals surface area contributed by atoms with E-state index in [2.05, 4.69) is 58.9 Å². The fourth-order valence-electron chi connectivity index (χ4n) is 2.14. The second-order valence-corrected chi connectivity index (χ2v) is 3.94. The fourth-order valence-corrected chi connectivity index (χ4v) is 2.14. The van der Waals surface area contributed by atoms with Crippen molar-refractivity contribution < 1.29 is 0 Å². The maximum Gasteiger partial charge on any atom is 0.0991 e. The number of benzene rings is 1. The molecule has 1 N–H and O–H groups in total. The van der Waals surface area contributed by atoms with Gasteiger partial charge >= 0.3 is 0 Å². The van der Waals surface area contributed by atoms with Crippen molar-refractivity contribution in [2.45, 2.75) is 6.17 Å². The third-order valence-electron chi connectivity index (χ3n) is 2.97. The molecule has 0 bridgehead atoms. The van der Waals surface area contributed by atoms with Gasteiger partial charge in [0.2, 0.25) is 0 Å². The van der Waals surface area contributed by atoms with Gasteiger partial charge in [-0.2, -0.15) is 0 Å². The number of hydrogen-bond donors (Lipinski definition) is 1. The van der Waals surface area contributed by atoms with E-state index < -0.39 is 0 Å². The third kappa shape index (κ3) is 1.57. The van der Waals surface area contributed by atoms with E-state index in [4.69, 9.17) is 0 Å². The highest BCUT2D eigenvalue weighted by atomic mass is 15.3. The molecule has 0 amide bonds. The first kappa shape index (κ1) is 8.74. The lowest BCUT2D eigenvalue weighted by Gasteiger charge is -2.24. The number of fused-ring (bicyclic) bond motifs is 1. The fraction of sp³-hybridized carbons (Fsp3) is 0.231. The van der Waals surface area contributed by atoms with Crippen molar-refractivity contribution >= 4 is 5.57 Å². The van der Waals surface area contributed by atoms with E-state index in [1.165, 1.54) is 11.1 Å². The van der Waals surface area contributed by atoms with Gasteiger partial charge in [0.05, 0.1) is 6.17 Å². The zero-order chi connectivity index (χ0) is 10.1. The summed E-state index contributed by atoms with van der Waals surface area (Å²) in [5, 5.41) is 3.46. The van der Waals surface area contributed by atoms with E-state index in [9.17, 15) is 0 Å². The van der Waals surface area contributed by atoms with Gasteiger partial charge in [-0.25, -0.2) is 0 Å². The largest absolute Gasteiger partial charge is 0.357 e. The van der Waals surface area contributed by atoms with Crippen LogP contribution in [0.1, 0.15) is 5.56 Å². The molecule has 0 radical (unpaired) electrons. The summed E-state index contributed by atoms with van der Waals surface area (Å²) in [5.74, 6) is 0. The highest BCUT2D eigenvalue weighted by Gasteiger charge is 2.21. The lowest BCUT2D eigenvalue weighted by Crippen LogP contribution is -2.31. The van der Waals surface area contributed by atoms with E-state index in [0.717, 1.165) is 13.1 Å². The Morgan fingerprint density at radius 3 is 2.93 bits per heavy atom. The Morgan fingerprint density at radius 2 is 2.07 bits per heavy atom. The van der Waals surface area contributed by atoms with Crippen molar-refractivity contribution in [3.8, 4) is 0 Å². The Balaban J connectivity index is 1.92. The molecule has 2 aliphatic heterocycles. The lowest BCUT2D eigenvalue weighted by molar-refractivity contribution is 0.383. The van der Waals surface area contributed by atoms with Crippen LogP contribution in [0.4, 0.5) is 0 Å². The quantitative estimate of drug-likeness (QED) is 0.740. The molecule has 3 rings (SSSR count). The summed E-state index contributed by atoms with van der Waals surface area (Å²) in [6.07, 6.45) is 7.07. The molecule has 0 aromatic heterocycles. The summed E-state index contributed by atoms with van der Waals surface area (Å²) in [7, 11) is 0. The Kier molecular flexibility index (Phi) is 2.07. The zero-order valence-corrected chi connectivity index (χ0v) is 8.56. The molecule has 76 valence electrons. The number of nitrogens with zero attached hydrogens (tertiary/aromatic N) is 1. The summed E-state index contributed by atoms with van der Waals surface area (Å²) < 4.78 is 0. The van der Waals surface area contributed by atoms with Crippen molar-refractivity contribution in [2.75, 3.05) is 13.1 Å². The molecular formula is C13H14N2. The highest BCUT2D eigenvalue weighted by Crippen LogP contribution is 2.22. The summed E-state index contributed by atoms with van der Waals surface area (Å²) >= 11 is 0. The molecule has 1 saturated heterocycles. The molecule has 1 fully saturated rings. The van der Waals surface area contributed by atoms with Crippen LogP contribution in [0, 0.1) is 0 Å². The SMILES string of the molecule is C1=CN2CCNC2C=C1c1ccccc1. The van der Waals surface area contributed by atoms with Gasteiger partial charge in [-0.15, -0.1) is 0 Å². The maximum absolute atomic E-state index is 3.46.